The minimum atomic E-state index is 1.11. The zero-order valence-electron chi connectivity index (χ0n) is 24.2. The molecule has 0 fully saturated rings. The first-order valence-electron chi connectivity index (χ1n) is 15.8. The molecule has 0 saturated carbocycles. The van der Waals surface area contributed by atoms with Crippen LogP contribution in [0, 0.1) is 0 Å². The molecule has 0 heteroatoms. The van der Waals surface area contributed by atoms with Crippen LogP contribution in [-0.2, 0) is 38.5 Å². The summed E-state index contributed by atoms with van der Waals surface area (Å²) in [6.45, 7) is 6.95. The van der Waals surface area contributed by atoms with Crippen LogP contribution in [0.25, 0.3) is 33.4 Å². The highest BCUT2D eigenvalue weighted by Gasteiger charge is 2.38. The summed E-state index contributed by atoms with van der Waals surface area (Å²) in [5.74, 6) is 0. The van der Waals surface area contributed by atoms with Crippen molar-refractivity contribution in [3.05, 3.63) is 105 Å². The highest BCUT2D eigenvalue weighted by atomic mass is 14.4. The van der Waals surface area contributed by atoms with Gasteiger partial charge in [-0.1, -0.05) is 94.6 Å². The molecule has 3 aliphatic carbocycles. The van der Waals surface area contributed by atoms with E-state index < -0.39 is 0 Å². The molecule has 0 atom stereocenters. The minimum absolute atomic E-state index is 1.11. The van der Waals surface area contributed by atoms with Crippen molar-refractivity contribution in [1.29, 1.82) is 0 Å². The monoisotopic (exact) mass is 510 g/mol. The Hall–Kier alpha value is -3.12. The van der Waals surface area contributed by atoms with Gasteiger partial charge in [-0.2, -0.15) is 0 Å². The molecule has 4 aromatic carbocycles. The summed E-state index contributed by atoms with van der Waals surface area (Å²) >= 11 is 0. The Morgan fingerprint density at radius 2 is 0.718 bits per heavy atom. The van der Waals surface area contributed by atoms with E-state index in [4.69, 9.17) is 0 Å². The van der Waals surface area contributed by atoms with Crippen LogP contribution in [0.5, 0.6) is 0 Å². The Balaban J connectivity index is 1.48. The summed E-state index contributed by atoms with van der Waals surface area (Å²) in [4.78, 5) is 0. The van der Waals surface area contributed by atoms with Crippen molar-refractivity contribution in [2.24, 2.45) is 0 Å². The van der Waals surface area contributed by atoms with Gasteiger partial charge in [0.15, 0.2) is 0 Å². The van der Waals surface area contributed by atoms with Crippen molar-refractivity contribution >= 4 is 0 Å². The number of hydrogen-bond donors (Lipinski definition) is 0. The smallest absolute Gasteiger partial charge is 0.000433 e. The van der Waals surface area contributed by atoms with Gasteiger partial charge >= 0.3 is 0 Å². The Bertz CT molecular complexity index is 1370. The standard InChI is InChI=1S/C39H42/c1-4-7-13-25-16-10-19-28-31(25)22-34-37(28)35-23-32-26(14-8-5-2)18-12-21-30(32)39(35)36-24-33-27(15-9-6-3)17-11-20-29(33)38(34)36/h10-12,16-21H,4-9,13-15,22-24H2,1-3H3. The highest BCUT2D eigenvalue weighted by molar-refractivity contribution is 6.01. The molecule has 0 bridgehead atoms. The van der Waals surface area contributed by atoms with Crippen molar-refractivity contribution in [3.63, 3.8) is 0 Å². The van der Waals surface area contributed by atoms with E-state index in [0.717, 1.165) is 19.3 Å². The van der Waals surface area contributed by atoms with Crippen LogP contribution in [0.3, 0.4) is 0 Å². The first-order chi connectivity index (χ1) is 19.2. The zero-order valence-corrected chi connectivity index (χ0v) is 24.2. The number of unbranched alkanes of at least 4 members (excludes halogenated alkanes) is 3. The Morgan fingerprint density at radius 1 is 0.410 bits per heavy atom. The molecule has 0 heterocycles. The third-order valence-corrected chi connectivity index (χ3v) is 9.90. The summed E-state index contributed by atoms with van der Waals surface area (Å²) in [6.07, 6.45) is 14.5. The summed E-state index contributed by atoms with van der Waals surface area (Å²) in [5, 5.41) is 0. The number of hydrogen-bond acceptors (Lipinski definition) is 0. The van der Waals surface area contributed by atoms with Gasteiger partial charge in [0.2, 0.25) is 0 Å². The van der Waals surface area contributed by atoms with Crippen LogP contribution < -0.4 is 0 Å². The first-order valence-corrected chi connectivity index (χ1v) is 15.8. The van der Waals surface area contributed by atoms with Crippen LogP contribution in [0.15, 0.2) is 54.6 Å². The zero-order chi connectivity index (χ0) is 26.5. The van der Waals surface area contributed by atoms with Gasteiger partial charge in [0, 0.05) is 0 Å². The van der Waals surface area contributed by atoms with E-state index in [9.17, 15) is 0 Å². The normalized spacial score (nSPS) is 13.6. The molecule has 0 saturated heterocycles. The second-order valence-corrected chi connectivity index (χ2v) is 12.2. The number of aryl methyl sites for hydroxylation is 3. The van der Waals surface area contributed by atoms with Gasteiger partial charge in [0.05, 0.1) is 0 Å². The fourth-order valence-corrected chi connectivity index (χ4v) is 7.99. The van der Waals surface area contributed by atoms with E-state index >= 15 is 0 Å². The van der Waals surface area contributed by atoms with Gasteiger partial charge in [0.25, 0.3) is 0 Å². The van der Waals surface area contributed by atoms with E-state index in [0.29, 0.717) is 0 Å². The fourth-order valence-electron chi connectivity index (χ4n) is 7.99. The molecule has 0 N–H and O–H groups in total. The lowest BCUT2D eigenvalue weighted by Gasteiger charge is -2.17. The molecular weight excluding hydrogens is 468 g/mol. The molecule has 0 spiro atoms. The van der Waals surface area contributed by atoms with E-state index in [1.807, 2.05) is 0 Å². The molecule has 7 rings (SSSR count). The molecule has 39 heavy (non-hydrogen) atoms. The predicted octanol–water partition coefficient (Wildman–Crippen LogP) is 10.4. The number of fused-ring (bicyclic) bond motifs is 12. The van der Waals surface area contributed by atoms with E-state index in [1.54, 1.807) is 66.8 Å². The maximum Gasteiger partial charge on any atom is -0.000433 e. The lowest BCUT2D eigenvalue weighted by Crippen LogP contribution is -1.97. The molecule has 0 unspecified atom stereocenters. The van der Waals surface area contributed by atoms with Crippen LogP contribution >= 0.6 is 0 Å². The number of benzene rings is 4. The fraction of sp³-hybridized carbons (Fsp3) is 0.385. The molecule has 3 aliphatic rings. The minimum Gasteiger partial charge on any atom is -0.0654 e. The second kappa shape index (κ2) is 10.1. The molecule has 0 amide bonds. The topological polar surface area (TPSA) is 0 Å². The predicted molar refractivity (Wildman–Crippen MR) is 167 cm³/mol. The Labute approximate surface area is 235 Å². The molecule has 198 valence electrons. The third-order valence-electron chi connectivity index (χ3n) is 9.90. The molecule has 4 aromatic rings. The lowest BCUT2D eigenvalue weighted by atomic mass is 9.86. The van der Waals surface area contributed by atoms with Gasteiger partial charge in [-0.25, -0.2) is 0 Å². The Morgan fingerprint density at radius 3 is 1.00 bits per heavy atom. The van der Waals surface area contributed by atoms with Gasteiger partial charge in [-0.05, 0) is 141 Å². The summed E-state index contributed by atoms with van der Waals surface area (Å²) in [6, 6.07) is 21.6. The maximum atomic E-state index is 2.44. The van der Waals surface area contributed by atoms with Gasteiger partial charge in [0.1, 0.15) is 0 Å². The van der Waals surface area contributed by atoms with Crippen molar-refractivity contribution in [2.45, 2.75) is 97.8 Å². The largest absolute Gasteiger partial charge is 0.0654 e. The quantitative estimate of drug-likeness (QED) is 0.181. The molecular formula is C39H42. The molecule has 0 aromatic heterocycles. The average molecular weight is 511 g/mol. The van der Waals surface area contributed by atoms with Crippen LogP contribution in [-0.4, -0.2) is 0 Å². The van der Waals surface area contributed by atoms with Crippen molar-refractivity contribution in [2.75, 3.05) is 0 Å². The van der Waals surface area contributed by atoms with E-state index in [2.05, 4.69) is 75.4 Å². The van der Waals surface area contributed by atoms with Crippen LogP contribution in [0.4, 0.5) is 0 Å². The summed E-state index contributed by atoms with van der Waals surface area (Å²) < 4.78 is 0. The van der Waals surface area contributed by atoms with Gasteiger partial charge in [-0.3, -0.25) is 0 Å². The summed E-state index contributed by atoms with van der Waals surface area (Å²) in [7, 11) is 0. The van der Waals surface area contributed by atoms with Gasteiger partial charge in [-0.15, -0.1) is 0 Å². The van der Waals surface area contributed by atoms with Crippen molar-refractivity contribution < 1.29 is 0 Å². The molecule has 0 aliphatic heterocycles. The second-order valence-electron chi connectivity index (χ2n) is 12.2. The SMILES string of the molecule is CCCCc1cccc2c1Cc1c-2c2c(c3c1-c1cccc(CCCC)c1C3)-c1cccc(CCCC)c1C2. The average Bonchev–Trinajstić information content (AvgIpc) is 3.65. The third kappa shape index (κ3) is 3.86. The van der Waals surface area contributed by atoms with E-state index in [-0.39, 0.29) is 0 Å². The van der Waals surface area contributed by atoms with Gasteiger partial charge < -0.3 is 0 Å². The van der Waals surface area contributed by atoms with Crippen molar-refractivity contribution in [1.82, 2.24) is 0 Å². The van der Waals surface area contributed by atoms with Crippen molar-refractivity contribution in [3.8, 4) is 33.4 Å². The maximum absolute atomic E-state index is 2.44. The molecule has 0 radical (unpaired) electrons. The van der Waals surface area contributed by atoms with E-state index in [1.165, 1.54) is 74.5 Å². The first kappa shape index (κ1) is 24.9. The highest BCUT2D eigenvalue weighted by Crippen LogP contribution is 2.57. The number of rotatable bonds is 9. The van der Waals surface area contributed by atoms with Crippen LogP contribution in [0.2, 0.25) is 0 Å². The van der Waals surface area contributed by atoms with Crippen LogP contribution in [0.1, 0.15) is 109 Å². The molecule has 0 nitrogen and oxygen atoms in total. The Kier molecular flexibility index (Phi) is 6.46. The lowest BCUT2D eigenvalue weighted by molar-refractivity contribution is 0.790. The summed E-state index contributed by atoms with van der Waals surface area (Å²) in [5.41, 5.74) is 23.9.